The molecule has 2 aliphatic carbocycles. The van der Waals surface area contributed by atoms with Crippen LogP contribution in [0.5, 0.6) is 0 Å². The van der Waals surface area contributed by atoms with E-state index in [4.69, 9.17) is 5.11 Å². The number of aliphatic hydroxyl groups excluding tert-OH is 1. The van der Waals surface area contributed by atoms with Crippen molar-refractivity contribution in [3.63, 3.8) is 0 Å². The topological polar surface area (TPSA) is 77.8 Å². The van der Waals surface area contributed by atoms with Gasteiger partial charge in [0.15, 0.2) is 0 Å². The summed E-state index contributed by atoms with van der Waals surface area (Å²) in [6.07, 6.45) is 2.87. The maximum absolute atomic E-state index is 11.0. The van der Waals surface area contributed by atoms with Crippen LogP contribution in [0.15, 0.2) is 12.2 Å². The first-order chi connectivity index (χ1) is 8.66. The largest absolute Gasteiger partial charge is 0.478 e. The van der Waals surface area contributed by atoms with Gasteiger partial charge in [0.05, 0.1) is 11.7 Å². The fourth-order valence-corrected chi connectivity index (χ4v) is 4.33. The molecule has 0 heterocycles. The summed E-state index contributed by atoms with van der Waals surface area (Å²) in [5.74, 6) is -0.973. The van der Waals surface area contributed by atoms with Crippen LogP contribution in [-0.4, -0.2) is 33.0 Å². The summed E-state index contributed by atoms with van der Waals surface area (Å²) in [5, 5.41) is 29.6. The zero-order valence-corrected chi connectivity index (χ0v) is 11.7. The lowest BCUT2D eigenvalue weighted by molar-refractivity contribution is -0.157. The van der Waals surface area contributed by atoms with E-state index in [2.05, 4.69) is 13.5 Å². The summed E-state index contributed by atoms with van der Waals surface area (Å²) in [7, 11) is 0. The zero-order valence-electron chi connectivity index (χ0n) is 11.7. The van der Waals surface area contributed by atoms with E-state index in [1.165, 1.54) is 0 Å². The molecule has 0 aliphatic heterocycles. The summed E-state index contributed by atoms with van der Waals surface area (Å²) >= 11 is 0. The fourth-order valence-electron chi connectivity index (χ4n) is 4.33. The molecule has 2 fully saturated rings. The summed E-state index contributed by atoms with van der Waals surface area (Å²) in [6, 6.07) is 0. The number of hydrogen-bond acceptors (Lipinski definition) is 3. The van der Waals surface area contributed by atoms with Crippen molar-refractivity contribution in [2.45, 2.75) is 57.7 Å². The minimum absolute atomic E-state index is 0.0262. The molecule has 0 aromatic heterocycles. The second-order valence-corrected chi connectivity index (χ2v) is 6.93. The molecule has 0 spiro atoms. The van der Waals surface area contributed by atoms with E-state index in [1.54, 1.807) is 6.92 Å². The quantitative estimate of drug-likeness (QED) is 0.669. The molecule has 0 aromatic carbocycles. The van der Waals surface area contributed by atoms with E-state index in [1.807, 2.05) is 0 Å². The molecular weight excluding hydrogens is 244 g/mol. The van der Waals surface area contributed by atoms with E-state index in [0.717, 1.165) is 12.8 Å². The fraction of sp³-hybridized carbons (Fsp3) is 0.800. The van der Waals surface area contributed by atoms with Crippen LogP contribution in [0.1, 0.15) is 46.0 Å². The number of rotatable bonds is 2. The Balaban J connectivity index is 2.22. The van der Waals surface area contributed by atoms with E-state index in [9.17, 15) is 15.0 Å². The van der Waals surface area contributed by atoms with Gasteiger partial charge in [0.1, 0.15) is 0 Å². The molecule has 0 radical (unpaired) electrons. The van der Waals surface area contributed by atoms with Crippen molar-refractivity contribution in [1.29, 1.82) is 0 Å². The van der Waals surface area contributed by atoms with Crippen molar-refractivity contribution in [1.82, 2.24) is 0 Å². The second-order valence-electron chi connectivity index (χ2n) is 6.93. The molecule has 108 valence electrons. The Hall–Kier alpha value is -0.870. The van der Waals surface area contributed by atoms with Crippen molar-refractivity contribution in [2.75, 3.05) is 0 Å². The number of aliphatic hydroxyl groups is 2. The normalized spacial score (nSPS) is 46.4. The maximum atomic E-state index is 11.0. The first-order valence-electron chi connectivity index (χ1n) is 6.98. The molecule has 2 saturated carbocycles. The summed E-state index contributed by atoms with van der Waals surface area (Å²) in [4.78, 5) is 11.0. The number of carboxylic acid groups (broad SMARTS) is 1. The van der Waals surface area contributed by atoms with Crippen LogP contribution in [0.2, 0.25) is 0 Å². The molecule has 2 rings (SSSR count). The molecule has 19 heavy (non-hydrogen) atoms. The van der Waals surface area contributed by atoms with Gasteiger partial charge in [-0.05, 0) is 49.9 Å². The van der Waals surface area contributed by atoms with E-state index in [0.29, 0.717) is 19.3 Å². The zero-order chi connectivity index (χ0) is 14.4. The highest BCUT2D eigenvalue weighted by Crippen LogP contribution is 2.56. The Labute approximate surface area is 114 Å². The third kappa shape index (κ3) is 2.56. The molecule has 0 saturated heterocycles. The first kappa shape index (κ1) is 14.5. The van der Waals surface area contributed by atoms with Crippen LogP contribution in [0.25, 0.3) is 0 Å². The molecule has 5 atom stereocenters. The van der Waals surface area contributed by atoms with Crippen LogP contribution in [0.3, 0.4) is 0 Å². The predicted molar refractivity (Wildman–Crippen MR) is 71.6 cm³/mol. The van der Waals surface area contributed by atoms with Gasteiger partial charge in [0, 0.05) is 12.0 Å². The van der Waals surface area contributed by atoms with Crippen molar-refractivity contribution in [3.8, 4) is 0 Å². The average molecular weight is 268 g/mol. The first-order valence-corrected chi connectivity index (χ1v) is 6.98. The van der Waals surface area contributed by atoms with Gasteiger partial charge < -0.3 is 15.3 Å². The molecule has 0 bridgehead atoms. The lowest BCUT2D eigenvalue weighted by atomic mass is 9.52. The Bertz CT molecular complexity index is 401. The third-order valence-corrected chi connectivity index (χ3v) is 5.29. The molecule has 3 N–H and O–H groups in total. The molecular formula is C15H24O4. The van der Waals surface area contributed by atoms with Crippen molar-refractivity contribution >= 4 is 5.97 Å². The van der Waals surface area contributed by atoms with Crippen LogP contribution >= 0.6 is 0 Å². The average Bonchev–Trinajstić information content (AvgIpc) is 2.25. The monoisotopic (exact) mass is 268 g/mol. The van der Waals surface area contributed by atoms with Gasteiger partial charge in [0.2, 0.25) is 0 Å². The second kappa shape index (κ2) is 4.60. The van der Waals surface area contributed by atoms with Gasteiger partial charge >= 0.3 is 5.97 Å². The number of carbonyl (C=O) groups is 1. The molecule has 0 amide bonds. The molecule has 0 unspecified atom stereocenters. The Morgan fingerprint density at radius 1 is 1.32 bits per heavy atom. The van der Waals surface area contributed by atoms with Crippen LogP contribution < -0.4 is 0 Å². The van der Waals surface area contributed by atoms with Crippen molar-refractivity contribution in [3.05, 3.63) is 12.2 Å². The third-order valence-electron chi connectivity index (χ3n) is 5.29. The Kier molecular flexibility index (Phi) is 3.52. The van der Waals surface area contributed by atoms with E-state index in [-0.39, 0.29) is 22.8 Å². The van der Waals surface area contributed by atoms with Crippen LogP contribution in [0.4, 0.5) is 0 Å². The molecule has 4 heteroatoms. The predicted octanol–water partition coefficient (Wildman–Crippen LogP) is 1.96. The highest BCUT2D eigenvalue weighted by atomic mass is 16.4. The highest BCUT2D eigenvalue weighted by Gasteiger charge is 2.53. The number of hydrogen-bond donors (Lipinski definition) is 3. The number of carboxylic acids is 1. The summed E-state index contributed by atoms with van der Waals surface area (Å²) in [5.41, 5.74) is -0.774. The van der Waals surface area contributed by atoms with Crippen LogP contribution in [-0.2, 0) is 4.79 Å². The smallest absolute Gasteiger partial charge is 0.331 e. The SMILES string of the molecule is C=C(C(=O)O)[C@@H]1CC[C@@]2(C)C[C@@H](O)C[C@@](C)(O)[C@@H]2C1. The Morgan fingerprint density at radius 2 is 1.95 bits per heavy atom. The summed E-state index contributed by atoms with van der Waals surface area (Å²) in [6.45, 7) is 7.54. The highest BCUT2D eigenvalue weighted by molar-refractivity contribution is 5.86. The minimum Gasteiger partial charge on any atom is -0.478 e. The van der Waals surface area contributed by atoms with E-state index >= 15 is 0 Å². The molecule has 4 nitrogen and oxygen atoms in total. The number of aliphatic carboxylic acids is 1. The lowest BCUT2D eigenvalue weighted by Crippen LogP contribution is -2.55. The van der Waals surface area contributed by atoms with Crippen LogP contribution in [0, 0.1) is 17.3 Å². The van der Waals surface area contributed by atoms with Gasteiger partial charge in [-0.25, -0.2) is 4.79 Å². The van der Waals surface area contributed by atoms with E-state index < -0.39 is 17.7 Å². The lowest BCUT2D eigenvalue weighted by Gasteiger charge is -2.55. The van der Waals surface area contributed by atoms with Crippen molar-refractivity contribution in [2.24, 2.45) is 17.3 Å². The van der Waals surface area contributed by atoms with Gasteiger partial charge in [-0.2, -0.15) is 0 Å². The molecule has 2 aliphatic rings. The van der Waals surface area contributed by atoms with Gasteiger partial charge in [0.25, 0.3) is 0 Å². The minimum atomic E-state index is -0.941. The molecule has 0 aromatic rings. The summed E-state index contributed by atoms with van der Waals surface area (Å²) < 4.78 is 0. The van der Waals surface area contributed by atoms with Gasteiger partial charge in [-0.15, -0.1) is 0 Å². The maximum Gasteiger partial charge on any atom is 0.331 e. The Morgan fingerprint density at radius 3 is 2.53 bits per heavy atom. The van der Waals surface area contributed by atoms with Gasteiger partial charge in [-0.3, -0.25) is 0 Å². The van der Waals surface area contributed by atoms with Crippen molar-refractivity contribution < 1.29 is 20.1 Å². The number of fused-ring (bicyclic) bond motifs is 1. The standard InChI is InChI=1S/C15H24O4/c1-9(13(17)18)10-4-5-14(2)7-11(16)8-15(3,19)12(14)6-10/h10-12,16,19H,1,4-8H2,2-3H3,(H,17,18)/t10-,11-,12-,14+,15-/m1/s1. The van der Waals surface area contributed by atoms with Gasteiger partial charge in [-0.1, -0.05) is 13.5 Å².